The van der Waals surface area contributed by atoms with Crippen molar-refractivity contribution < 1.29 is 17.1 Å². The second-order valence-electron chi connectivity index (χ2n) is 0.0680. The summed E-state index contributed by atoms with van der Waals surface area (Å²) in [5.74, 6) is 0. The average molecular weight is 461 g/mol. The summed E-state index contributed by atoms with van der Waals surface area (Å²) in [6.45, 7) is 0. The summed E-state index contributed by atoms with van der Waals surface area (Å²) in [6, 6.07) is 0. The van der Waals surface area contributed by atoms with Crippen LogP contribution in [0.25, 0.3) is 0 Å². The van der Waals surface area contributed by atoms with Crippen LogP contribution in [0.5, 0.6) is 0 Å². The van der Waals surface area contributed by atoms with Gasteiger partial charge in [-0.1, -0.05) is 0 Å². The molecule has 0 aliphatic carbocycles. The van der Waals surface area contributed by atoms with Crippen molar-refractivity contribution in [2.45, 2.75) is 0 Å². The van der Waals surface area contributed by atoms with Crippen molar-refractivity contribution in [2.24, 2.45) is 0 Å². The van der Waals surface area contributed by atoms with Gasteiger partial charge in [0.05, 0.1) is 0 Å². The van der Waals surface area contributed by atoms with Crippen LogP contribution in [-0.4, -0.2) is 104 Å². The van der Waals surface area contributed by atoms with E-state index in [9.17, 15) is 0 Å². The second kappa shape index (κ2) is 31.7. The van der Waals surface area contributed by atoms with Crippen LogP contribution in [0.2, 0.25) is 0 Å². The van der Waals surface area contributed by atoms with Gasteiger partial charge < -0.3 is 0 Å². The zero-order valence-electron chi connectivity index (χ0n) is 3.68. The Kier molecular flexibility index (Phi) is 137. The van der Waals surface area contributed by atoms with Gasteiger partial charge >= 0.3 is 36.4 Å². The molecule has 0 fully saturated rings. The van der Waals surface area contributed by atoms with Gasteiger partial charge in [-0.3, -0.25) is 0 Å². The summed E-state index contributed by atoms with van der Waals surface area (Å²) in [5, 5.41) is 0. The van der Waals surface area contributed by atoms with E-state index in [1.165, 1.54) is 7.61 Å². The Bertz CT molecular complexity index is 38.7. The minimum atomic E-state index is 0. The molecule has 0 unspecified atom stereocenters. The van der Waals surface area contributed by atoms with Crippen molar-refractivity contribution in [2.75, 3.05) is 0 Å². The van der Waals surface area contributed by atoms with Gasteiger partial charge in [-0.25, -0.2) is 0 Å². The molecule has 0 aliphatic rings. The molecule has 0 aromatic heterocycles. The van der Waals surface area contributed by atoms with Crippen LogP contribution >= 0.6 is 7.61 Å². The summed E-state index contributed by atoms with van der Waals surface area (Å²) < 4.78 is 0. The Labute approximate surface area is 126 Å². The van der Waals surface area contributed by atoms with Gasteiger partial charge in [0.1, 0.15) is 0 Å². The molecule has 0 saturated heterocycles. The SMILES string of the molecule is [Cu].[Ga].[In].[Na].[Se]=S=[Se]. The summed E-state index contributed by atoms with van der Waals surface area (Å²) in [7, 11) is 1.50. The maximum atomic E-state index is 2.67. The molecule has 0 aromatic carbocycles. The van der Waals surface area contributed by atoms with Crippen LogP contribution in [0.15, 0.2) is 0 Å². The van der Waals surface area contributed by atoms with E-state index in [1.54, 1.807) is 0 Å². The first kappa shape index (κ1) is 30.2. The Balaban J connectivity index is -0.00000000333. The van der Waals surface area contributed by atoms with Gasteiger partial charge in [0, 0.05) is 92.3 Å². The van der Waals surface area contributed by atoms with Gasteiger partial charge in [-0.05, 0) is 0 Å². The Morgan fingerprint density at radius 2 is 1.14 bits per heavy atom. The molecular weight excluding hydrogens is 461 g/mol. The van der Waals surface area contributed by atoms with E-state index in [1.807, 2.05) is 0 Å². The fraction of sp³-hybridized carbons (Fsp3) is 0. The quantitative estimate of drug-likeness (QED) is 0.396. The second-order valence-corrected chi connectivity index (χ2v) is 5.51. The molecule has 0 N–H and O–H groups in total. The van der Waals surface area contributed by atoms with E-state index in [4.69, 9.17) is 0 Å². The number of hydrogen-bond donors (Lipinski definition) is 0. The van der Waals surface area contributed by atoms with Gasteiger partial charge in [0.15, 0.2) is 0 Å². The Morgan fingerprint density at radius 1 is 1.14 bits per heavy atom. The van der Waals surface area contributed by atoms with Crippen molar-refractivity contribution in [3.8, 4) is 0 Å². The first-order chi connectivity index (χ1) is 1.41. The molecule has 0 heterocycles. The molecule has 0 atom stereocenters. The molecule has 7 heteroatoms. The van der Waals surface area contributed by atoms with E-state index >= 15 is 0 Å². The van der Waals surface area contributed by atoms with Crippen molar-refractivity contribution >= 4 is 112 Å². The van der Waals surface area contributed by atoms with Crippen LogP contribution in [0.3, 0.4) is 0 Å². The molecule has 0 rings (SSSR count). The molecule has 36 valence electrons. The van der Waals surface area contributed by atoms with Gasteiger partial charge in [0.25, 0.3) is 0 Å². The van der Waals surface area contributed by atoms with E-state index < -0.39 is 0 Å². The maximum absolute atomic E-state index is 2.67. The van der Waals surface area contributed by atoms with Crippen molar-refractivity contribution in [3.05, 3.63) is 0 Å². The summed E-state index contributed by atoms with van der Waals surface area (Å²) in [4.78, 5) is 0. The predicted octanol–water partition coefficient (Wildman–Crippen LogP) is -1.26. The van der Waals surface area contributed by atoms with Crippen LogP contribution in [0.4, 0.5) is 0 Å². The van der Waals surface area contributed by atoms with Crippen LogP contribution in [0, 0.1) is 0 Å². The van der Waals surface area contributed by atoms with Crippen LogP contribution < -0.4 is 0 Å². The van der Waals surface area contributed by atoms with Crippen LogP contribution in [0.1, 0.15) is 0 Å². The van der Waals surface area contributed by atoms with Gasteiger partial charge in [-0.15, -0.1) is 0 Å². The molecule has 8 radical (unpaired) electrons. The fourth-order valence-corrected chi connectivity index (χ4v) is 0. The topological polar surface area (TPSA) is 0 Å². The Hall–Kier alpha value is 4.28. The molecule has 0 saturated carbocycles. The van der Waals surface area contributed by atoms with Crippen molar-refractivity contribution in [3.63, 3.8) is 0 Å². The third-order valence-electron chi connectivity index (χ3n) is 0. The fourth-order valence-electron chi connectivity index (χ4n) is 0. The third-order valence-corrected chi connectivity index (χ3v) is 0. The standard InChI is InChI=1S/Cu.Ga.In.Na.SSe2/c;;;;2-1-3. The third kappa shape index (κ3) is 38.4. The van der Waals surface area contributed by atoms with Crippen molar-refractivity contribution in [1.82, 2.24) is 0 Å². The van der Waals surface area contributed by atoms with Gasteiger partial charge in [0.2, 0.25) is 0 Å². The number of hydrogen-bond acceptors (Lipinski definition) is 0. The zero-order chi connectivity index (χ0) is 2.71. The zero-order valence-corrected chi connectivity index (χ0v) is 16.6. The molecule has 0 bridgehead atoms. The molecule has 0 aromatic rings. The van der Waals surface area contributed by atoms with E-state index in [-0.39, 0.29) is 92.3 Å². The summed E-state index contributed by atoms with van der Waals surface area (Å²) >= 11 is 5.33. The normalized spacial score (nSPS) is 1.71. The van der Waals surface area contributed by atoms with E-state index in [0.29, 0.717) is 0 Å². The molecule has 7 heavy (non-hydrogen) atoms. The summed E-state index contributed by atoms with van der Waals surface area (Å²) in [5.41, 5.74) is 0. The monoisotopic (exact) mass is 462 g/mol. The predicted molar refractivity (Wildman–Crippen MR) is 36.4 cm³/mol. The first-order valence-electron chi connectivity index (χ1n) is 0.333. The van der Waals surface area contributed by atoms with E-state index in [2.05, 4.69) is 28.8 Å². The van der Waals surface area contributed by atoms with E-state index in [0.717, 1.165) is 0 Å². The molecule has 0 aliphatic heterocycles. The van der Waals surface area contributed by atoms with Gasteiger partial charge in [-0.2, -0.15) is 0 Å². The average Bonchev–Trinajstić information content (AvgIpc) is 0.918. The molecule has 0 nitrogen and oxygen atoms in total. The first-order valence-corrected chi connectivity index (χ1v) is 5.20. The number of rotatable bonds is 0. The Morgan fingerprint density at radius 3 is 1.14 bits per heavy atom. The molecule has 0 amide bonds. The van der Waals surface area contributed by atoms with Crippen LogP contribution in [-0.2, 0) is 17.1 Å². The summed E-state index contributed by atoms with van der Waals surface area (Å²) in [6.07, 6.45) is 0. The minimum absolute atomic E-state index is 0. The van der Waals surface area contributed by atoms with Crippen molar-refractivity contribution in [1.29, 1.82) is 0 Å². The molecular formula is CuGaInNaSSe2. The molecule has 0 spiro atoms.